The van der Waals surface area contributed by atoms with Crippen LogP contribution >= 0.6 is 0 Å². The smallest absolute Gasteiger partial charge is 0.218 e. The van der Waals surface area contributed by atoms with E-state index in [1.54, 1.807) is 0 Å². The van der Waals surface area contributed by atoms with Crippen molar-refractivity contribution in [3.63, 3.8) is 0 Å². The fourth-order valence-corrected chi connectivity index (χ4v) is 1.70. The van der Waals surface area contributed by atoms with Crippen molar-refractivity contribution in [2.24, 2.45) is 0 Å². The number of rotatable bonds is 3. The van der Waals surface area contributed by atoms with Crippen LogP contribution in [0.5, 0.6) is 0 Å². The topological polar surface area (TPSA) is 29.1 Å². The largest absolute Gasteiger partial charge is 0.346 e. The zero-order valence-corrected chi connectivity index (χ0v) is 8.64. The van der Waals surface area contributed by atoms with Gasteiger partial charge in [-0.3, -0.25) is 0 Å². The number of benzene rings is 2. The maximum atomic E-state index is 11.7. The SMILES string of the molecule is CCOC([O])c1cccc2ccccc12. The van der Waals surface area contributed by atoms with Crippen molar-refractivity contribution in [1.82, 2.24) is 0 Å². The summed E-state index contributed by atoms with van der Waals surface area (Å²) in [5, 5.41) is 13.8. The van der Waals surface area contributed by atoms with Gasteiger partial charge in [-0.25, -0.2) is 0 Å². The van der Waals surface area contributed by atoms with E-state index in [1.807, 2.05) is 49.4 Å². The molecule has 2 nitrogen and oxygen atoms in total. The molecule has 2 aromatic carbocycles. The van der Waals surface area contributed by atoms with Crippen LogP contribution in [-0.4, -0.2) is 6.61 Å². The van der Waals surface area contributed by atoms with Gasteiger partial charge in [-0.2, -0.15) is 5.11 Å². The molecule has 0 saturated carbocycles. The Bertz CT molecular complexity index is 446. The van der Waals surface area contributed by atoms with Crippen LogP contribution in [-0.2, 0) is 9.84 Å². The summed E-state index contributed by atoms with van der Waals surface area (Å²) in [6, 6.07) is 13.6. The monoisotopic (exact) mass is 201 g/mol. The molecule has 0 aliphatic rings. The minimum absolute atomic E-state index is 0.442. The molecular formula is C13H13O2. The third kappa shape index (κ3) is 2.01. The zero-order valence-electron chi connectivity index (χ0n) is 8.64. The van der Waals surface area contributed by atoms with E-state index in [1.165, 1.54) is 0 Å². The van der Waals surface area contributed by atoms with Crippen LogP contribution in [0.1, 0.15) is 18.8 Å². The van der Waals surface area contributed by atoms with Crippen molar-refractivity contribution >= 4 is 10.8 Å². The molecule has 0 heterocycles. The summed E-state index contributed by atoms with van der Waals surface area (Å²) in [6.07, 6.45) is -1.08. The Kier molecular flexibility index (Phi) is 2.99. The van der Waals surface area contributed by atoms with Gasteiger partial charge in [0.1, 0.15) is 0 Å². The number of ether oxygens (including phenoxy) is 1. The van der Waals surface area contributed by atoms with E-state index in [0.29, 0.717) is 6.61 Å². The minimum Gasteiger partial charge on any atom is -0.346 e. The van der Waals surface area contributed by atoms with Crippen LogP contribution in [0.2, 0.25) is 0 Å². The van der Waals surface area contributed by atoms with Crippen molar-refractivity contribution in [2.45, 2.75) is 13.2 Å². The van der Waals surface area contributed by atoms with Crippen LogP contribution in [0.15, 0.2) is 42.5 Å². The quantitative estimate of drug-likeness (QED) is 0.700. The highest BCUT2D eigenvalue weighted by molar-refractivity contribution is 5.85. The highest BCUT2D eigenvalue weighted by Gasteiger charge is 2.11. The fourth-order valence-electron chi connectivity index (χ4n) is 1.70. The predicted octanol–water partition coefficient (Wildman–Crippen LogP) is 3.31. The Morgan fingerprint density at radius 1 is 1.13 bits per heavy atom. The molecule has 2 heteroatoms. The van der Waals surface area contributed by atoms with Gasteiger partial charge >= 0.3 is 0 Å². The maximum Gasteiger partial charge on any atom is 0.218 e. The average molecular weight is 201 g/mol. The molecule has 1 unspecified atom stereocenters. The normalized spacial score (nSPS) is 12.9. The molecule has 15 heavy (non-hydrogen) atoms. The molecule has 0 amide bonds. The zero-order chi connectivity index (χ0) is 10.7. The molecule has 0 N–H and O–H groups in total. The van der Waals surface area contributed by atoms with Crippen LogP contribution in [0.4, 0.5) is 0 Å². The summed E-state index contributed by atoms with van der Waals surface area (Å²) < 4.78 is 5.08. The van der Waals surface area contributed by atoms with Gasteiger partial charge < -0.3 is 4.74 Å². The van der Waals surface area contributed by atoms with Gasteiger partial charge in [0, 0.05) is 12.2 Å². The van der Waals surface area contributed by atoms with E-state index in [9.17, 15) is 5.11 Å². The first-order valence-corrected chi connectivity index (χ1v) is 5.08. The molecule has 0 aliphatic heterocycles. The van der Waals surface area contributed by atoms with Crippen LogP contribution in [0, 0.1) is 0 Å². The van der Waals surface area contributed by atoms with Gasteiger partial charge in [0.05, 0.1) is 0 Å². The van der Waals surface area contributed by atoms with Crippen LogP contribution < -0.4 is 0 Å². The summed E-state index contributed by atoms with van der Waals surface area (Å²) in [7, 11) is 0. The van der Waals surface area contributed by atoms with Crippen LogP contribution in [0.25, 0.3) is 10.8 Å². The van der Waals surface area contributed by atoms with Crippen molar-refractivity contribution in [1.29, 1.82) is 0 Å². The Balaban J connectivity index is 2.50. The van der Waals surface area contributed by atoms with Gasteiger partial charge in [0.25, 0.3) is 0 Å². The van der Waals surface area contributed by atoms with Gasteiger partial charge in [-0.05, 0) is 17.7 Å². The summed E-state index contributed by atoms with van der Waals surface area (Å²) in [6.45, 7) is 2.27. The number of hydrogen-bond donors (Lipinski definition) is 0. The van der Waals surface area contributed by atoms with E-state index >= 15 is 0 Å². The molecule has 0 fully saturated rings. The van der Waals surface area contributed by atoms with E-state index in [0.717, 1.165) is 16.3 Å². The van der Waals surface area contributed by atoms with E-state index in [2.05, 4.69) is 0 Å². The highest BCUT2D eigenvalue weighted by atomic mass is 16.6. The Morgan fingerprint density at radius 2 is 1.87 bits per heavy atom. The third-order valence-electron chi connectivity index (χ3n) is 2.40. The second-order valence-corrected chi connectivity index (χ2v) is 3.36. The molecule has 77 valence electrons. The van der Waals surface area contributed by atoms with Gasteiger partial charge in [0.2, 0.25) is 6.29 Å². The first-order valence-electron chi connectivity index (χ1n) is 5.08. The lowest BCUT2D eigenvalue weighted by molar-refractivity contribution is -0.139. The summed E-state index contributed by atoms with van der Waals surface area (Å²) in [4.78, 5) is 0. The second kappa shape index (κ2) is 4.43. The first kappa shape index (κ1) is 10.1. The van der Waals surface area contributed by atoms with E-state index in [4.69, 9.17) is 4.74 Å². The summed E-state index contributed by atoms with van der Waals surface area (Å²) in [5.41, 5.74) is 0.718. The Morgan fingerprint density at radius 3 is 2.67 bits per heavy atom. The third-order valence-corrected chi connectivity index (χ3v) is 2.40. The van der Waals surface area contributed by atoms with Crippen molar-refractivity contribution in [3.05, 3.63) is 48.0 Å². The highest BCUT2D eigenvalue weighted by Crippen LogP contribution is 2.25. The van der Waals surface area contributed by atoms with E-state index in [-0.39, 0.29) is 0 Å². The van der Waals surface area contributed by atoms with Crippen molar-refractivity contribution in [2.75, 3.05) is 6.61 Å². The standard InChI is InChI=1S/C13H13O2/c1-2-15-13(14)12-9-5-7-10-6-3-4-8-11(10)12/h3-9,13H,2H2,1H3. The van der Waals surface area contributed by atoms with Gasteiger partial charge in [-0.1, -0.05) is 42.5 Å². The summed E-state index contributed by atoms with van der Waals surface area (Å²) in [5.74, 6) is 0. The molecule has 0 bridgehead atoms. The molecule has 0 aromatic heterocycles. The fraction of sp³-hybridized carbons (Fsp3) is 0.231. The van der Waals surface area contributed by atoms with Crippen molar-refractivity contribution < 1.29 is 9.84 Å². The lowest BCUT2D eigenvalue weighted by Crippen LogP contribution is -2.01. The second-order valence-electron chi connectivity index (χ2n) is 3.36. The number of hydrogen-bond acceptors (Lipinski definition) is 1. The molecule has 2 aromatic rings. The maximum absolute atomic E-state index is 11.7. The predicted molar refractivity (Wildman–Crippen MR) is 59.0 cm³/mol. The molecule has 0 saturated heterocycles. The van der Waals surface area contributed by atoms with Gasteiger partial charge in [0.15, 0.2) is 0 Å². The molecule has 0 aliphatic carbocycles. The van der Waals surface area contributed by atoms with Gasteiger partial charge in [-0.15, -0.1) is 0 Å². The average Bonchev–Trinajstić information content (AvgIpc) is 2.28. The van der Waals surface area contributed by atoms with Crippen molar-refractivity contribution in [3.8, 4) is 0 Å². The molecular weight excluding hydrogens is 188 g/mol. The van der Waals surface area contributed by atoms with Crippen LogP contribution in [0.3, 0.4) is 0 Å². The Labute approximate surface area is 89.1 Å². The lowest BCUT2D eigenvalue weighted by Gasteiger charge is -2.11. The van der Waals surface area contributed by atoms with E-state index < -0.39 is 6.29 Å². The minimum atomic E-state index is -1.08. The number of fused-ring (bicyclic) bond motifs is 1. The Hall–Kier alpha value is -1.38. The lowest BCUT2D eigenvalue weighted by atomic mass is 10.0. The summed E-state index contributed by atoms with van der Waals surface area (Å²) >= 11 is 0. The molecule has 1 atom stereocenters. The molecule has 2 rings (SSSR count). The first-order chi connectivity index (χ1) is 7.33. The molecule has 0 spiro atoms. The molecule has 1 radical (unpaired) electrons.